The monoisotopic (exact) mass is 470 g/mol. The summed E-state index contributed by atoms with van der Waals surface area (Å²) in [6.07, 6.45) is 22.7. The number of hydrogen-bond donors (Lipinski definition) is 1. The molecule has 0 radical (unpaired) electrons. The lowest BCUT2D eigenvalue weighted by Gasteiger charge is -1.99. The van der Waals surface area contributed by atoms with Crippen molar-refractivity contribution in [3.05, 3.63) is 12.2 Å². The number of carbonyl (C=O) groups is 1. The molecule has 0 fully saturated rings. The van der Waals surface area contributed by atoms with Crippen LogP contribution in [0.2, 0.25) is 0 Å². The summed E-state index contributed by atoms with van der Waals surface area (Å²) in [5, 5.41) is 9.77. The molecule has 0 aliphatic carbocycles. The molecular weight excluding hydrogens is 432 g/mol. The highest BCUT2D eigenvalue weighted by Crippen LogP contribution is 2.21. The molecule has 1 aromatic heterocycles. The molecule has 31 heavy (non-hydrogen) atoms. The van der Waals surface area contributed by atoms with Crippen LogP contribution in [0.3, 0.4) is 0 Å². The van der Waals surface area contributed by atoms with Crippen LogP contribution in [0.5, 0.6) is 0 Å². The van der Waals surface area contributed by atoms with Gasteiger partial charge in [-0.3, -0.25) is 4.79 Å². The molecular formula is C22H38N4O3S2. The molecule has 1 N–H and O–H groups in total. The number of carbonyl (C=O) groups excluding carboxylic acids is 1. The average Bonchev–Trinajstić information content (AvgIpc) is 3.19. The summed E-state index contributed by atoms with van der Waals surface area (Å²) in [6, 6.07) is 0. The molecule has 1 amide bonds. The fraction of sp³-hybridized carbons (Fsp3) is 0.727. The predicted octanol–water partition coefficient (Wildman–Crippen LogP) is 6.29. The largest absolute Gasteiger partial charge is 0.311 e. The van der Waals surface area contributed by atoms with Gasteiger partial charge in [-0.05, 0) is 38.5 Å². The summed E-state index contributed by atoms with van der Waals surface area (Å²) in [5.74, 6) is -0.326. The third kappa shape index (κ3) is 14.1. The van der Waals surface area contributed by atoms with Gasteiger partial charge in [-0.25, -0.2) is 0 Å². The summed E-state index contributed by atoms with van der Waals surface area (Å²) in [4.78, 5) is 11.0. The van der Waals surface area contributed by atoms with Crippen LogP contribution < -0.4 is 5.32 Å². The van der Waals surface area contributed by atoms with Gasteiger partial charge >= 0.3 is 10.0 Å². The van der Waals surface area contributed by atoms with Gasteiger partial charge in [-0.1, -0.05) is 81.8 Å². The molecule has 7 nitrogen and oxygen atoms in total. The first-order valence-corrected chi connectivity index (χ1v) is 13.8. The van der Waals surface area contributed by atoms with Gasteiger partial charge in [0, 0.05) is 13.1 Å². The number of allylic oxidation sites excluding steroid dienone is 2. The lowest BCUT2D eigenvalue weighted by molar-refractivity contribution is -0.114. The maximum absolute atomic E-state index is 12.1. The maximum atomic E-state index is 12.1. The van der Waals surface area contributed by atoms with Gasteiger partial charge in [0.1, 0.15) is 0 Å². The van der Waals surface area contributed by atoms with E-state index in [1.807, 2.05) is 0 Å². The minimum absolute atomic E-state index is 0.151. The molecule has 0 bridgehead atoms. The molecule has 0 unspecified atom stereocenters. The standard InChI is InChI=1S/C22H38N4O3S2/c1-3-4-5-6-7-8-9-10-11-12-13-14-15-16-17-18-19-23-31(28,29)22-26-25-21(30-22)24-20(2)27/h10-11,19H,3-9,12-18H2,1-2H3,(H,24,25,27)/b11-10-,23-19?. The third-order valence-corrected chi connectivity index (χ3v) is 7.18. The lowest BCUT2D eigenvalue weighted by atomic mass is 10.1. The molecule has 0 aliphatic rings. The Kier molecular flexibility index (Phi) is 15.0. The molecule has 0 atom stereocenters. The Balaban J connectivity index is 2.03. The number of hydrogen-bond acceptors (Lipinski definition) is 6. The number of amides is 1. The van der Waals surface area contributed by atoms with Gasteiger partial charge in [-0.2, -0.15) is 12.8 Å². The number of sulfonamides is 1. The summed E-state index contributed by atoms with van der Waals surface area (Å²) < 4.78 is 27.6. The van der Waals surface area contributed by atoms with E-state index in [0.717, 1.165) is 37.0 Å². The Bertz CT molecular complexity index is 773. The van der Waals surface area contributed by atoms with E-state index < -0.39 is 10.0 Å². The van der Waals surface area contributed by atoms with Crippen LogP contribution in [0.4, 0.5) is 5.13 Å². The van der Waals surface area contributed by atoms with Crippen LogP contribution in [0.15, 0.2) is 20.9 Å². The number of rotatable bonds is 18. The van der Waals surface area contributed by atoms with E-state index >= 15 is 0 Å². The lowest BCUT2D eigenvalue weighted by Crippen LogP contribution is -2.04. The molecule has 0 saturated heterocycles. The van der Waals surface area contributed by atoms with E-state index in [1.54, 1.807) is 0 Å². The molecule has 0 aliphatic heterocycles. The highest BCUT2D eigenvalue weighted by Gasteiger charge is 2.18. The zero-order valence-electron chi connectivity index (χ0n) is 19.0. The van der Waals surface area contributed by atoms with E-state index in [-0.39, 0.29) is 15.4 Å². The van der Waals surface area contributed by atoms with Crippen molar-refractivity contribution in [3.8, 4) is 0 Å². The molecule has 0 aromatic carbocycles. The van der Waals surface area contributed by atoms with Crippen molar-refractivity contribution in [3.63, 3.8) is 0 Å². The molecule has 1 rings (SSSR count). The fourth-order valence-electron chi connectivity index (χ4n) is 3.02. The smallest absolute Gasteiger partial charge is 0.301 e. The molecule has 9 heteroatoms. The Labute approximate surface area is 191 Å². The van der Waals surface area contributed by atoms with Crippen molar-refractivity contribution in [2.24, 2.45) is 4.40 Å². The first-order chi connectivity index (χ1) is 15.0. The van der Waals surface area contributed by atoms with Gasteiger partial charge in [-0.15, -0.1) is 10.2 Å². The second-order valence-electron chi connectivity index (χ2n) is 7.69. The summed E-state index contributed by atoms with van der Waals surface area (Å²) >= 11 is 0.796. The number of unbranched alkanes of at least 4 members (excludes halogenated alkanes) is 12. The Morgan fingerprint density at radius 2 is 1.45 bits per heavy atom. The number of aromatic nitrogens is 2. The highest BCUT2D eigenvalue weighted by molar-refractivity contribution is 7.92. The minimum atomic E-state index is -3.84. The number of nitrogens with zero attached hydrogens (tertiary/aromatic N) is 3. The van der Waals surface area contributed by atoms with Crippen LogP contribution in [0.25, 0.3) is 0 Å². The zero-order chi connectivity index (χ0) is 22.8. The highest BCUT2D eigenvalue weighted by atomic mass is 32.2. The van der Waals surface area contributed by atoms with Crippen molar-refractivity contribution >= 4 is 38.6 Å². The topological polar surface area (TPSA) is 101 Å². The van der Waals surface area contributed by atoms with Crippen molar-refractivity contribution in [1.29, 1.82) is 0 Å². The molecule has 176 valence electrons. The summed E-state index contributed by atoms with van der Waals surface area (Å²) in [6.45, 7) is 3.57. The predicted molar refractivity (Wildman–Crippen MR) is 129 cm³/mol. The Morgan fingerprint density at radius 1 is 0.903 bits per heavy atom. The van der Waals surface area contributed by atoms with E-state index in [4.69, 9.17) is 0 Å². The van der Waals surface area contributed by atoms with Crippen LogP contribution in [-0.2, 0) is 14.8 Å². The van der Waals surface area contributed by atoms with Gasteiger partial charge < -0.3 is 5.32 Å². The number of nitrogens with one attached hydrogen (secondary N) is 1. The van der Waals surface area contributed by atoms with Crippen LogP contribution in [0, 0.1) is 0 Å². The van der Waals surface area contributed by atoms with Gasteiger partial charge in [0.2, 0.25) is 11.0 Å². The van der Waals surface area contributed by atoms with Crippen molar-refractivity contribution in [2.75, 3.05) is 5.32 Å². The normalized spacial score (nSPS) is 12.2. The Morgan fingerprint density at radius 3 is 2.03 bits per heavy atom. The fourth-order valence-corrected chi connectivity index (χ4v) is 4.86. The van der Waals surface area contributed by atoms with Crippen molar-refractivity contribution in [2.45, 2.75) is 108 Å². The zero-order valence-corrected chi connectivity index (χ0v) is 20.6. The average molecular weight is 471 g/mol. The molecule has 1 aromatic rings. The minimum Gasteiger partial charge on any atom is -0.301 e. The van der Waals surface area contributed by atoms with Crippen LogP contribution in [-0.4, -0.2) is 30.7 Å². The van der Waals surface area contributed by atoms with Crippen molar-refractivity contribution in [1.82, 2.24) is 10.2 Å². The van der Waals surface area contributed by atoms with Gasteiger partial charge in [0.05, 0.1) is 0 Å². The van der Waals surface area contributed by atoms with E-state index in [0.29, 0.717) is 6.42 Å². The van der Waals surface area contributed by atoms with E-state index in [2.05, 4.69) is 39.0 Å². The quantitative estimate of drug-likeness (QED) is 0.117. The van der Waals surface area contributed by atoms with E-state index in [1.165, 1.54) is 70.9 Å². The van der Waals surface area contributed by atoms with Gasteiger partial charge in [0.25, 0.3) is 4.34 Å². The first-order valence-electron chi connectivity index (χ1n) is 11.5. The SMILES string of the molecule is CCCCCCCC/C=C\CCCCCCCC=NS(=O)(=O)c1nnc(NC(C)=O)s1. The molecule has 1 heterocycles. The van der Waals surface area contributed by atoms with Crippen LogP contribution in [0.1, 0.15) is 104 Å². The maximum Gasteiger partial charge on any atom is 0.311 e. The van der Waals surface area contributed by atoms with Gasteiger partial charge in [0.15, 0.2) is 0 Å². The Hall–Kier alpha value is -1.61. The third-order valence-electron chi connectivity index (χ3n) is 4.72. The molecule has 0 saturated carbocycles. The summed E-state index contributed by atoms with van der Waals surface area (Å²) in [5.41, 5.74) is 0. The van der Waals surface area contributed by atoms with Crippen LogP contribution >= 0.6 is 11.3 Å². The van der Waals surface area contributed by atoms with Crippen molar-refractivity contribution < 1.29 is 13.2 Å². The second kappa shape index (κ2) is 17.0. The second-order valence-corrected chi connectivity index (χ2v) is 10.5. The molecule has 0 spiro atoms. The number of anilines is 1. The van der Waals surface area contributed by atoms with E-state index in [9.17, 15) is 13.2 Å². The first kappa shape index (κ1) is 27.4. The summed E-state index contributed by atoms with van der Waals surface area (Å²) in [7, 11) is -3.84.